The molecule has 1 atom stereocenters. The second-order valence-electron chi connectivity index (χ2n) is 6.17. The Bertz CT molecular complexity index is 938. The van der Waals surface area contributed by atoms with Crippen molar-refractivity contribution in [1.82, 2.24) is 0 Å². The number of fused-ring (bicyclic) bond motifs is 1. The molecule has 0 bridgehead atoms. The van der Waals surface area contributed by atoms with Gasteiger partial charge < -0.3 is 30.0 Å². The van der Waals surface area contributed by atoms with Gasteiger partial charge in [-0.3, -0.25) is 0 Å². The van der Waals surface area contributed by atoms with E-state index in [-0.39, 0.29) is 5.88 Å². The lowest BCUT2D eigenvalue weighted by atomic mass is 9.83. The van der Waals surface area contributed by atoms with Gasteiger partial charge in [-0.1, -0.05) is 6.07 Å². The van der Waals surface area contributed by atoms with E-state index in [1.165, 1.54) is 0 Å². The van der Waals surface area contributed by atoms with Gasteiger partial charge in [0, 0.05) is 23.9 Å². The summed E-state index contributed by atoms with van der Waals surface area (Å²) < 4.78 is 22.1. The van der Waals surface area contributed by atoms with Gasteiger partial charge in [0.15, 0.2) is 11.5 Å². The Morgan fingerprint density at radius 1 is 1.11 bits per heavy atom. The summed E-state index contributed by atoms with van der Waals surface area (Å²) in [6, 6.07) is 11.6. The SMILES string of the molecule is CCNc1ccc2c(c1)OC(N)=C(C#N)C2c1cc(OC)c(OC)c(OC)c1. The van der Waals surface area contributed by atoms with Crippen molar-refractivity contribution in [2.45, 2.75) is 12.8 Å². The molecule has 1 heterocycles. The van der Waals surface area contributed by atoms with Crippen LogP contribution >= 0.6 is 0 Å². The van der Waals surface area contributed by atoms with Crippen molar-refractivity contribution in [3.63, 3.8) is 0 Å². The van der Waals surface area contributed by atoms with Crippen LogP contribution in [0.15, 0.2) is 41.8 Å². The number of rotatable bonds is 6. The lowest BCUT2D eigenvalue weighted by Gasteiger charge is -2.27. The van der Waals surface area contributed by atoms with Crippen LogP contribution in [-0.4, -0.2) is 27.9 Å². The number of ether oxygens (including phenoxy) is 4. The van der Waals surface area contributed by atoms with Gasteiger partial charge in [0.1, 0.15) is 17.4 Å². The summed E-state index contributed by atoms with van der Waals surface area (Å²) in [5, 5.41) is 13.0. The number of hydrogen-bond donors (Lipinski definition) is 2. The maximum absolute atomic E-state index is 9.74. The monoisotopic (exact) mass is 381 g/mol. The molecule has 7 heteroatoms. The van der Waals surface area contributed by atoms with E-state index in [0.29, 0.717) is 28.6 Å². The highest BCUT2D eigenvalue weighted by Gasteiger charge is 2.32. The minimum absolute atomic E-state index is 0.0856. The minimum atomic E-state index is -0.418. The smallest absolute Gasteiger partial charge is 0.205 e. The van der Waals surface area contributed by atoms with Gasteiger partial charge in [0.25, 0.3) is 0 Å². The first-order valence-corrected chi connectivity index (χ1v) is 8.83. The Kier molecular flexibility index (Phi) is 5.50. The lowest BCUT2D eigenvalue weighted by molar-refractivity contribution is 0.323. The van der Waals surface area contributed by atoms with Gasteiger partial charge in [0.2, 0.25) is 11.6 Å². The molecule has 0 aromatic heterocycles. The third-order valence-corrected chi connectivity index (χ3v) is 4.62. The van der Waals surface area contributed by atoms with E-state index < -0.39 is 5.92 Å². The quantitative estimate of drug-likeness (QED) is 0.791. The number of benzene rings is 2. The molecule has 1 aliphatic rings. The molecule has 0 saturated heterocycles. The molecule has 0 aliphatic carbocycles. The fourth-order valence-electron chi connectivity index (χ4n) is 3.38. The third kappa shape index (κ3) is 3.25. The number of anilines is 1. The van der Waals surface area contributed by atoms with E-state index in [4.69, 9.17) is 24.7 Å². The van der Waals surface area contributed by atoms with Crippen LogP contribution in [0.2, 0.25) is 0 Å². The largest absolute Gasteiger partial charge is 0.493 e. The zero-order valence-electron chi connectivity index (χ0n) is 16.3. The first-order valence-electron chi connectivity index (χ1n) is 8.83. The molecular weight excluding hydrogens is 358 g/mol. The molecule has 0 radical (unpaired) electrons. The summed E-state index contributed by atoms with van der Waals surface area (Å²) in [4.78, 5) is 0. The van der Waals surface area contributed by atoms with Crippen molar-refractivity contribution in [3.8, 4) is 29.1 Å². The Hall–Kier alpha value is -3.53. The molecule has 2 aromatic rings. The van der Waals surface area contributed by atoms with Crippen molar-refractivity contribution in [2.75, 3.05) is 33.2 Å². The van der Waals surface area contributed by atoms with E-state index in [2.05, 4.69) is 11.4 Å². The van der Waals surface area contributed by atoms with Gasteiger partial charge in [-0.25, -0.2) is 0 Å². The maximum Gasteiger partial charge on any atom is 0.205 e. The fourth-order valence-corrected chi connectivity index (χ4v) is 3.38. The van der Waals surface area contributed by atoms with Crippen LogP contribution in [0.25, 0.3) is 0 Å². The third-order valence-electron chi connectivity index (χ3n) is 4.62. The zero-order chi connectivity index (χ0) is 20.3. The van der Waals surface area contributed by atoms with Crippen LogP contribution in [0.1, 0.15) is 24.0 Å². The number of methoxy groups -OCH3 is 3. The Morgan fingerprint density at radius 2 is 1.79 bits per heavy atom. The number of nitrogens with two attached hydrogens (primary N) is 1. The first-order chi connectivity index (χ1) is 13.6. The molecule has 0 spiro atoms. The van der Waals surface area contributed by atoms with Gasteiger partial charge >= 0.3 is 0 Å². The van der Waals surface area contributed by atoms with E-state index >= 15 is 0 Å². The zero-order valence-corrected chi connectivity index (χ0v) is 16.3. The van der Waals surface area contributed by atoms with Crippen LogP contribution in [0.5, 0.6) is 23.0 Å². The maximum atomic E-state index is 9.74. The van der Waals surface area contributed by atoms with Crippen LogP contribution in [0.4, 0.5) is 5.69 Å². The summed E-state index contributed by atoms with van der Waals surface area (Å²) >= 11 is 0. The first kappa shape index (κ1) is 19.2. The van der Waals surface area contributed by atoms with Crippen LogP contribution < -0.4 is 30.0 Å². The summed E-state index contributed by atoms with van der Waals surface area (Å²) in [5.74, 6) is 1.77. The van der Waals surface area contributed by atoms with Crippen LogP contribution in [0.3, 0.4) is 0 Å². The second kappa shape index (κ2) is 8.01. The molecule has 0 saturated carbocycles. The van der Waals surface area contributed by atoms with E-state index in [1.54, 1.807) is 21.3 Å². The summed E-state index contributed by atoms with van der Waals surface area (Å²) in [6.45, 7) is 2.80. The van der Waals surface area contributed by atoms with E-state index in [9.17, 15) is 5.26 Å². The molecule has 3 rings (SSSR count). The number of hydrogen-bond acceptors (Lipinski definition) is 7. The van der Waals surface area contributed by atoms with Crippen LogP contribution in [-0.2, 0) is 0 Å². The molecular formula is C21H23N3O4. The topological polar surface area (TPSA) is 98.8 Å². The molecule has 1 aliphatic heterocycles. The lowest BCUT2D eigenvalue weighted by Crippen LogP contribution is -2.21. The van der Waals surface area contributed by atoms with E-state index in [1.807, 2.05) is 37.3 Å². The number of nitrogens with zero attached hydrogens (tertiary/aromatic N) is 1. The highest BCUT2D eigenvalue weighted by Crippen LogP contribution is 2.47. The predicted molar refractivity (Wildman–Crippen MR) is 106 cm³/mol. The number of nitrogens with one attached hydrogen (secondary N) is 1. The molecule has 0 amide bonds. The molecule has 1 unspecified atom stereocenters. The van der Waals surface area contributed by atoms with Crippen molar-refractivity contribution < 1.29 is 18.9 Å². The van der Waals surface area contributed by atoms with Crippen molar-refractivity contribution in [3.05, 3.63) is 52.9 Å². The average Bonchev–Trinajstić information content (AvgIpc) is 2.71. The highest BCUT2D eigenvalue weighted by molar-refractivity contribution is 5.63. The summed E-state index contributed by atoms with van der Waals surface area (Å²) in [7, 11) is 4.65. The molecule has 28 heavy (non-hydrogen) atoms. The minimum Gasteiger partial charge on any atom is -0.493 e. The van der Waals surface area contributed by atoms with Gasteiger partial charge in [0.05, 0.1) is 27.2 Å². The Morgan fingerprint density at radius 3 is 2.32 bits per heavy atom. The fraction of sp³-hybridized carbons (Fsp3) is 0.286. The standard InChI is InChI=1S/C21H23N3O4/c1-5-24-13-6-7-14-16(10-13)28-21(23)15(11-22)19(14)12-8-17(25-2)20(27-4)18(9-12)26-3/h6-10,19,24H,5,23H2,1-4H3. The number of allylic oxidation sites excluding steroid dienone is 1. The highest BCUT2D eigenvalue weighted by atomic mass is 16.5. The molecule has 0 fully saturated rings. The van der Waals surface area contributed by atoms with Crippen molar-refractivity contribution >= 4 is 5.69 Å². The number of nitriles is 1. The average molecular weight is 381 g/mol. The van der Waals surface area contributed by atoms with Crippen LogP contribution in [0, 0.1) is 11.3 Å². The Labute approximate surface area is 164 Å². The molecule has 3 N–H and O–H groups in total. The van der Waals surface area contributed by atoms with Crippen molar-refractivity contribution in [1.29, 1.82) is 5.26 Å². The van der Waals surface area contributed by atoms with Crippen molar-refractivity contribution in [2.24, 2.45) is 5.73 Å². The summed E-state index contributed by atoms with van der Waals surface area (Å²) in [6.07, 6.45) is 0. The molecule has 2 aromatic carbocycles. The summed E-state index contributed by atoms with van der Waals surface area (Å²) in [5.41, 5.74) is 8.95. The van der Waals surface area contributed by atoms with Gasteiger partial charge in [-0.05, 0) is 30.7 Å². The van der Waals surface area contributed by atoms with Gasteiger partial charge in [-0.15, -0.1) is 0 Å². The normalized spacial score (nSPS) is 15.2. The Balaban J connectivity index is 2.21. The molecule has 7 nitrogen and oxygen atoms in total. The molecule has 146 valence electrons. The predicted octanol–water partition coefficient (Wildman–Crippen LogP) is 3.36. The van der Waals surface area contributed by atoms with E-state index in [0.717, 1.165) is 23.4 Å². The second-order valence-corrected chi connectivity index (χ2v) is 6.17. The van der Waals surface area contributed by atoms with Gasteiger partial charge in [-0.2, -0.15) is 5.26 Å².